The van der Waals surface area contributed by atoms with E-state index in [-0.39, 0.29) is 16.9 Å². The molecule has 1 unspecified atom stereocenters. The van der Waals surface area contributed by atoms with Gasteiger partial charge in [0.15, 0.2) is 0 Å². The first-order valence-corrected chi connectivity index (χ1v) is 6.06. The average molecular weight is 277 g/mol. The van der Waals surface area contributed by atoms with Crippen molar-refractivity contribution in [1.29, 1.82) is 0 Å². The Morgan fingerprint density at radius 2 is 2.11 bits per heavy atom. The lowest BCUT2D eigenvalue weighted by Crippen LogP contribution is -2.10. The van der Waals surface area contributed by atoms with Crippen molar-refractivity contribution in [3.8, 4) is 0 Å². The summed E-state index contributed by atoms with van der Waals surface area (Å²) in [6, 6.07) is 3.12. The molecule has 0 bridgehead atoms. The van der Waals surface area contributed by atoms with Gasteiger partial charge in [-0.15, -0.1) is 11.8 Å². The lowest BCUT2D eigenvalue weighted by Gasteiger charge is -2.11. The summed E-state index contributed by atoms with van der Waals surface area (Å²) in [6.07, 6.45) is -3.87. The number of anilines is 1. The molecule has 0 aromatic heterocycles. The van der Waals surface area contributed by atoms with Gasteiger partial charge in [0.05, 0.1) is 12.2 Å². The molecule has 1 aromatic carbocycles. The summed E-state index contributed by atoms with van der Waals surface area (Å²) in [4.78, 5) is 11.7. The first kappa shape index (κ1) is 13.1. The van der Waals surface area contributed by atoms with Gasteiger partial charge in [0.25, 0.3) is 0 Å². The second-order valence-electron chi connectivity index (χ2n) is 3.81. The van der Waals surface area contributed by atoms with E-state index in [1.54, 1.807) is 0 Å². The second-order valence-corrected chi connectivity index (χ2v) is 5.06. The van der Waals surface area contributed by atoms with Crippen LogP contribution in [0.5, 0.6) is 0 Å². The van der Waals surface area contributed by atoms with Crippen molar-refractivity contribution in [1.82, 2.24) is 0 Å². The molecule has 0 radical (unpaired) electrons. The molecule has 1 saturated heterocycles. The lowest BCUT2D eigenvalue weighted by molar-refractivity contribution is -0.138. The van der Waals surface area contributed by atoms with Gasteiger partial charge < -0.3 is 10.5 Å². The van der Waals surface area contributed by atoms with Crippen LogP contribution in [0.1, 0.15) is 12.0 Å². The minimum atomic E-state index is -4.41. The minimum Gasteiger partial charge on any atom is -0.465 e. The topological polar surface area (TPSA) is 52.3 Å². The Morgan fingerprint density at radius 3 is 2.61 bits per heavy atom. The van der Waals surface area contributed by atoms with Gasteiger partial charge in [-0.3, -0.25) is 4.79 Å². The Labute approximate surface area is 105 Å². The molecule has 1 aromatic rings. The predicted octanol–water partition coefficient (Wildman–Crippen LogP) is 2.70. The van der Waals surface area contributed by atoms with Crippen LogP contribution in [-0.4, -0.2) is 17.8 Å². The second kappa shape index (κ2) is 4.72. The van der Waals surface area contributed by atoms with E-state index in [2.05, 4.69) is 0 Å². The van der Waals surface area contributed by atoms with Crippen LogP contribution >= 0.6 is 11.8 Å². The van der Waals surface area contributed by atoms with Crippen molar-refractivity contribution < 1.29 is 22.7 Å². The van der Waals surface area contributed by atoms with Crippen molar-refractivity contribution >= 4 is 23.4 Å². The number of carbonyl (C=O) groups excluding carboxylic acids is 1. The van der Waals surface area contributed by atoms with E-state index in [1.807, 2.05) is 0 Å². The number of hydrogen-bond donors (Lipinski definition) is 1. The fourth-order valence-electron chi connectivity index (χ4n) is 1.57. The minimum absolute atomic E-state index is 0.0227. The Morgan fingerprint density at radius 1 is 1.39 bits per heavy atom. The smallest absolute Gasteiger partial charge is 0.416 e. The van der Waals surface area contributed by atoms with Crippen LogP contribution in [-0.2, 0) is 15.7 Å². The van der Waals surface area contributed by atoms with Crippen LogP contribution in [0.2, 0.25) is 0 Å². The number of thioether (sulfide) groups is 1. The van der Waals surface area contributed by atoms with Crippen molar-refractivity contribution in [2.75, 3.05) is 12.3 Å². The van der Waals surface area contributed by atoms with Crippen molar-refractivity contribution in [2.45, 2.75) is 22.7 Å². The number of ether oxygens (including phenoxy) is 1. The molecule has 2 N–H and O–H groups in total. The maximum Gasteiger partial charge on any atom is 0.416 e. The van der Waals surface area contributed by atoms with Gasteiger partial charge in [0.2, 0.25) is 0 Å². The highest BCUT2D eigenvalue weighted by atomic mass is 32.2. The third-order valence-corrected chi connectivity index (χ3v) is 3.83. The molecule has 1 aliphatic heterocycles. The van der Waals surface area contributed by atoms with Gasteiger partial charge in [-0.1, -0.05) is 0 Å². The molecule has 2 rings (SSSR count). The first-order chi connectivity index (χ1) is 8.38. The average Bonchev–Trinajstić information content (AvgIpc) is 2.66. The van der Waals surface area contributed by atoms with Crippen LogP contribution in [0.25, 0.3) is 0 Å². The normalized spacial score (nSPS) is 19.9. The standard InChI is InChI=1S/C11H10F3NO2S/c12-11(13,14)6-1-2-8(7(15)5-6)18-9-3-4-17-10(9)16/h1-2,5,9H,3-4,15H2. The number of hydrogen-bond acceptors (Lipinski definition) is 4. The summed E-state index contributed by atoms with van der Waals surface area (Å²) in [7, 11) is 0. The van der Waals surface area contributed by atoms with Gasteiger partial charge in [-0.2, -0.15) is 13.2 Å². The fourth-order valence-corrected chi connectivity index (χ4v) is 2.60. The van der Waals surface area contributed by atoms with Crippen LogP contribution < -0.4 is 5.73 Å². The first-order valence-electron chi connectivity index (χ1n) is 5.18. The molecule has 1 aliphatic rings. The van der Waals surface area contributed by atoms with E-state index >= 15 is 0 Å². The molecule has 1 heterocycles. The number of alkyl halides is 3. The van der Waals surface area contributed by atoms with Gasteiger partial charge in [-0.05, 0) is 18.2 Å². The molecule has 7 heteroatoms. The largest absolute Gasteiger partial charge is 0.465 e. The van der Waals surface area contributed by atoms with Crippen LogP contribution in [0, 0.1) is 0 Å². The number of cyclic esters (lactones) is 1. The molecule has 0 saturated carbocycles. The van der Waals surface area contributed by atoms with Gasteiger partial charge in [0, 0.05) is 17.0 Å². The van der Waals surface area contributed by atoms with Crippen LogP contribution in [0.4, 0.5) is 18.9 Å². The summed E-state index contributed by atoms with van der Waals surface area (Å²) >= 11 is 1.14. The summed E-state index contributed by atoms with van der Waals surface area (Å²) in [6.45, 7) is 0.344. The summed E-state index contributed by atoms with van der Waals surface area (Å²) in [5.74, 6) is -0.348. The number of carbonyl (C=O) groups is 1. The summed E-state index contributed by atoms with van der Waals surface area (Å²) in [5.41, 5.74) is 4.80. The highest BCUT2D eigenvalue weighted by Gasteiger charge is 2.32. The van der Waals surface area contributed by atoms with E-state index in [0.29, 0.717) is 17.9 Å². The zero-order chi connectivity index (χ0) is 13.3. The highest BCUT2D eigenvalue weighted by molar-refractivity contribution is 8.00. The molecule has 18 heavy (non-hydrogen) atoms. The SMILES string of the molecule is Nc1cc(C(F)(F)F)ccc1SC1CCOC1=O. The monoisotopic (exact) mass is 277 g/mol. The van der Waals surface area contributed by atoms with Crippen LogP contribution in [0.15, 0.2) is 23.1 Å². The highest BCUT2D eigenvalue weighted by Crippen LogP contribution is 2.37. The molecule has 0 spiro atoms. The maximum absolute atomic E-state index is 12.4. The number of rotatable bonds is 2. The Balaban J connectivity index is 2.17. The van der Waals surface area contributed by atoms with Crippen molar-refractivity contribution in [2.24, 2.45) is 0 Å². The zero-order valence-corrected chi connectivity index (χ0v) is 9.98. The molecular formula is C11H10F3NO2S. The number of halogens is 3. The molecule has 3 nitrogen and oxygen atoms in total. The van der Waals surface area contributed by atoms with Crippen LogP contribution in [0.3, 0.4) is 0 Å². The van der Waals surface area contributed by atoms with E-state index < -0.39 is 11.7 Å². The molecular weight excluding hydrogens is 267 g/mol. The Kier molecular flexibility index (Phi) is 3.43. The number of nitrogen functional groups attached to an aromatic ring is 1. The Hall–Kier alpha value is -1.37. The maximum atomic E-state index is 12.4. The molecule has 0 amide bonds. The van der Waals surface area contributed by atoms with Gasteiger partial charge in [-0.25, -0.2) is 0 Å². The zero-order valence-electron chi connectivity index (χ0n) is 9.16. The quantitative estimate of drug-likeness (QED) is 0.667. The lowest BCUT2D eigenvalue weighted by atomic mass is 10.2. The number of nitrogens with two attached hydrogens (primary N) is 1. The van der Waals surface area contributed by atoms with Crippen molar-refractivity contribution in [3.05, 3.63) is 23.8 Å². The third-order valence-electron chi connectivity index (χ3n) is 2.49. The molecule has 1 atom stereocenters. The summed E-state index contributed by atoms with van der Waals surface area (Å²) in [5, 5.41) is -0.385. The number of benzene rings is 1. The van der Waals surface area contributed by atoms with E-state index in [4.69, 9.17) is 10.5 Å². The Bertz CT molecular complexity index is 476. The summed E-state index contributed by atoms with van der Waals surface area (Å²) < 4.78 is 42.1. The predicted molar refractivity (Wildman–Crippen MR) is 61.1 cm³/mol. The van der Waals surface area contributed by atoms with Gasteiger partial charge >= 0.3 is 12.1 Å². The fraction of sp³-hybridized carbons (Fsp3) is 0.364. The molecule has 98 valence electrons. The van der Waals surface area contributed by atoms with E-state index in [9.17, 15) is 18.0 Å². The molecule has 1 fully saturated rings. The van der Waals surface area contributed by atoms with Gasteiger partial charge in [0.1, 0.15) is 5.25 Å². The van der Waals surface area contributed by atoms with E-state index in [0.717, 1.165) is 23.9 Å². The van der Waals surface area contributed by atoms with Crippen molar-refractivity contribution in [3.63, 3.8) is 0 Å². The number of esters is 1. The third kappa shape index (κ3) is 2.72. The van der Waals surface area contributed by atoms with E-state index in [1.165, 1.54) is 6.07 Å². The molecule has 0 aliphatic carbocycles.